The van der Waals surface area contributed by atoms with Gasteiger partial charge >= 0.3 is 0 Å². The Balaban J connectivity index is 1.52. The number of phenolic OH excluding ortho intramolecular Hbond substituents is 1. The Labute approximate surface area is 192 Å². The molecule has 2 aromatic rings. The molecule has 1 heterocycles. The van der Waals surface area contributed by atoms with Gasteiger partial charge in [0.15, 0.2) is 0 Å². The molecule has 5 heteroatoms. The Hall–Kier alpha value is -2.37. The second-order valence-electron chi connectivity index (χ2n) is 9.52. The Morgan fingerprint density at radius 3 is 2.41 bits per heavy atom. The van der Waals surface area contributed by atoms with Crippen molar-refractivity contribution in [3.05, 3.63) is 65.7 Å². The molecule has 0 aromatic heterocycles. The first kappa shape index (κ1) is 22.8. The van der Waals surface area contributed by atoms with Crippen LogP contribution in [0.1, 0.15) is 56.1 Å². The third kappa shape index (κ3) is 6.11. The van der Waals surface area contributed by atoms with Gasteiger partial charge < -0.3 is 10.4 Å². The minimum atomic E-state index is -0.0292. The number of benzene rings is 2. The zero-order valence-electron chi connectivity index (χ0n) is 19.1. The lowest BCUT2D eigenvalue weighted by atomic mass is 9.77. The van der Waals surface area contributed by atoms with Gasteiger partial charge in [-0.25, -0.2) is 0 Å². The number of phenols is 1. The fourth-order valence-electron chi connectivity index (χ4n) is 5.49. The summed E-state index contributed by atoms with van der Waals surface area (Å²) in [6.45, 7) is 5.17. The quantitative estimate of drug-likeness (QED) is 0.751. The highest BCUT2D eigenvalue weighted by Crippen LogP contribution is 2.38. The van der Waals surface area contributed by atoms with Crippen molar-refractivity contribution in [3.8, 4) is 5.75 Å². The molecule has 1 aliphatic heterocycles. The molecule has 0 radical (unpaired) electrons. The Morgan fingerprint density at radius 2 is 1.62 bits per heavy atom. The monoisotopic (exact) mass is 435 g/mol. The molecule has 0 atom stereocenters. The van der Waals surface area contributed by atoms with Crippen LogP contribution < -0.4 is 5.32 Å². The lowest BCUT2D eigenvalue weighted by Gasteiger charge is -2.46. The zero-order valence-corrected chi connectivity index (χ0v) is 19.1. The van der Waals surface area contributed by atoms with Crippen LogP contribution in [0.15, 0.2) is 54.6 Å². The first-order valence-electron chi connectivity index (χ1n) is 12.2. The lowest BCUT2D eigenvalue weighted by molar-refractivity contribution is -0.125. The number of rotatable bonds is 4. The van der Waals surface area contributed by atoms with E-state index in [1.165, 1.54) is 24.8 Å². The van der Waals surface area contributed by atoms with Crippen LogP contribution in [0.3, 0.4) is 0 Å². The summed E-state index contributed by atoms with van der Waals surface area (Å²) >= 11 is 0. The molecule has 32 heavy (non-hydrogen) atoms. The maximum atomic E-state index is 13.0. The van der Waals surface area contributed by atoms with Crippen molar-refractivity contribution in [3.63, 3.8) is 0 Å². The summed E-state index contributed by atoms with van der Waals surface area (Å²) < 4.78 is 0. The number of nitrogens with one attached hydrogen (secondary N) is 1. The van der Waals surface area contributed by atoms with Gasteiger partial charge in [0.25, 0.3) is 0 Å². The van der Waals surface area contributed by atoms with Crippen LogP contribution in [0.4, 0.5) is 0 Å². The summed E-state index contributed by atoms with van der Waals surface area (Å²) in [7, 11) is 0. The normalized spacial score (nSPS) is 21.1. The predicted octanol–water partition coefficient (Wildman–Crippen LogP) is 4.31. The van der Waals surface area contributed by atoms with Crippen molar-refractivity contribution >= 4 is 5.91 Å². The fraction of sp³-hybridized carbons (Fsp3) is 0.519. The van der Waals surface area contributed by atoms with Gasteiger partial charge in [0.1, 0.15) is 5.75 Å². The van der Waals surface area contributed by atoms with Crippen LogP contribution in [0.25, 0.3) is 0 Å². The van der Waals surface area contributed by atoms with Gasteiger partial charge in [-0.3, -0.25) is 14.6 Å². The van der Waals surface area contributed by atoms with Crippen LogP contribution in [0, 0.1) is 0 Å². The van der Waals surface area contributed by atoms with Crippen molar-refractivity contribution in [1.29, 1.82) is 0 Å². The molecular formula is C27H37N3O2. The number of carbonyl (C=O) groups is 1. The van der Waals surface area contributed by atoms with E-state index in [0.29, 0.717) is 18.7 Å². The van der Waals surface area contributed by atoms with Gasteiger partial charge in [-0.05, 0) is 49.1 Å². The number of hydrogen-bond acceptors (Lipinski definition) is 4. The van der Waals surface area contributed by atoms with Crippen LogP contribution in [0.2, 0.25) is 0 Å². The van der Waals surface area contributed by atoms with E-state index in [9.17, 15) is 9.90 Å². The van der Waals surface area contributed by atoms with Crippen LogP contribution in [-0.2, 0) is 17.9 Å². The molecular weight excluding hydrogens is 398 g/mol. The van der Waals surface area contributed by atoms with Gasteiger partial charge in [-0.15, -0.1) is 0 Å². The minimum Gasteiger partial charge on any atom is -0.508 e. The summed E-state index contributed by atoms with van der Waals surface area (Å²) in [5.74, 6) is 0.492. The molecule has 2 aliphatic rings. The minimum absolute atomic E-state index is 0.0292. The molecule has 1 saturated carbocycles. The smallest absolute Gasteiger partial charge is 0.221 e. The van der Waals surface area contributed by atoms with Gasteiger partial charge in [0, 0.05) is 44.7 Å². The SMILES string of the molecule is O=C1CC2(CCCCC2)N(Cc2ccccc2)CCCN(Cc2cccc(O)c2)CCN1. The molecule has 1 saturated heterocycles. The van der Waals surface area contributed by atoms with E-state index in [1.54, 1.807) is 6.07 Å². The average molecular weight is 436 g/mol. The molecule has 1 spiro atoms. The number of hydrogen-bond donors (Lipinski definition) is 2. The molecule has 4 rings (SSSR count). The van der Waals surface area contributed by atoms with Crippen molar-refractivity contribution in [2.24, 2.45) is 0 Å². The summed E-state index contributed by atoms with van der Waals surface area (Å²) in [6, 6.07) is 18.2. The third-order valence-electron chi connectivity index (χ3n) is 7.13. The first-order chi connectivity index (χ1) is 15.6. The van der Waals surface area contributed by atoms with Crippen molar-refractivity contribution in [1.82, 2.24) is 15.1 Å². The summed E-state index contributed by atoms with van der Waals surface area (Å²) in [6.07, 6.45) is 7.60. The van der Waals surface area contributed by atoms with Crippen LogP contribution in [0.5, 0.6) is 5.75 Å². The van der Waals surface area contributed by atoms with Gasteiger partial charge in [0.05, 0.1) is 0 Å². The number of carbonyl (C=O) groups excluding carboxylic acids is 1. The molecule has 1 amide bonds. The highest BCUT2D eigenvalue weighted by atomic mass is 16.3. The summed E-state index contributed by atoms with van der Waals surface area (Å²) in [5.41, 5.74) is 2.40. The molecule has 172 valence electrons. The number of amides is 1. The highest BCUT2D eigenvalue weighted by Gasteiger charge is 2.39. The Morgan fingerprint density at radius 1 is 0.844 bits per heavy atom. The lowest BCUT2D eigenvalue weighted by Crippen LogP contribution is -2.52. The average Bonchev–Trinajstić information content (AvgIpc) is 2.81. The van der Waals surface area contributed by atoms with Crippen molar-refractivity contribution in [2.45, 2.75) is 63.6 Å². The second-order valence-corrected chi connectivity index (χ2v) is 9.52. The summed E-state index contributed by atoms with van der Waals surface area (Å²) in [4.78, 5) is 18.0. The van der Waals surface area contributed by atoms with E-state index in [1.807, 2.05) is 12.1 Å². The maximum absolute atomic E-state index is 13.0. The maximum Gasteiger partial charge on any atom is 0.221 e. The van der Waals surface area contributed by atoms with Crippen LogP contribution in [-0.4, -0.2) is 52.5 Å². The molecule has 2 fully saturated rings. The summed E-state index contributed by atoms with van der Waals surface area (Å²) in [5, 5.41) is 13.0. The molecule has 2 aromatic carbocycles. The first-order valence-corrected chi connectivity index (χ1v) is 12.2. The molecule has 0 unspecified atom stereocenters. The Bertz CT molecular complexity index is 864. The van der Waals surface area contributed by atoms with Gasteiger partial charge in [-0.1, -0.05) is 61.7 Å². The number of nitrogens with zero attached hydrogens (tertiary/aromatic N) is 2. The molecule has 5 nitrogen and oxygen atoms in total. The van der Waals surface area contributed by atoms with Crippen molar-refractivity contribution in [2.75, 3.05) is 26.2 Å². The van der Waals surface area contributed by atoms with Gasteiger partial charge in [0.2, 0.25) is 5.91 Å². The largest absolute Gasteiger partial charge is 0.508 e. The van der Waals surface area contributed by atoms with Crippen molar-refractivity contribution < 1.29 is 9.90 Å². The standard InChI is InChI=1S/C27H37N3O2/c31-25-12-7-11-24(19-25)21-29-16-8-17-30(22-23-9-3-1-4-10-23)27(13-5-2-6-14-27)20-26(32)28-15-18-29/h1,3-4,7,9-12,19,31H,2,5-6,8,13-18,20-22H2,(H,28,32). The molecule has 2 N–H and O–H groups in total. The topological polar surface area (TPSA) is 55.8 Å². The van der Waals surface area contributed by atoms with E-state index in [0.717, 1.165) is 57.5 Å². The zero-order chi connectivity index (χ0) is 22.2. The molecule has 0 bridgehead atoms. The third-order valence-corrected chi connectivity index (χ3v) is 7.13. The van der Waals surface area contributed by atoms with E-state index < -0.39 is 0 Å². The van der Waals surface area contributed by atoms with Gasteiger partial charge in [-0.2, -0.15) is 0 Å². The fourth-order valence-corrected chi connectivity index (χ4v) is 5.49. The molecule has 1 aliphatic carbocycles. The second kappa shape index (κ2) is 11.0. The van der Waals surface area contributed by atoms with Crippen LogP contribution >= 0.6 is 0 Å². The van der Waals surface area contributed by atoms with E-state index >= 15 is 0 Å². The van der Waals surface area contributed by atoms with E-state index in [-0.39, 0.29) is 11.4 Å². The predicted molar refractivity (Wildman–Crippen MR) is 128 cm³/mol. The van der Waals surface area contributed by atoms with E-state index in [4.69, 9.17) is 0 Å². The van der Waals surface area contributed by atoms with E-state index in [2.05, 4.69) is 51.5 Å². The highest BCUT2D eigenvalue weighted by molar-refractivity contribution is 5.77. The number of aromatic hydroxyl groups is 1. The Kier molecular flexibility index (Phi) is 7.82.